The van der Waals surface area contributed by atoms with Crippen LogP contribution in [0.4, 0.5) is 0 Å². The molecule has 1 saturated heterocycles. The molecular weight excluding hydrogens is 418 g/mol. The highest BCUT2D eigenvalue weighted by molar-refractivity contribution is 6.30. The number of aryl methyl sites for hydroxylation is 1. The van der Waals surface area contributed by atoms with Crippen LogP contribution in [0, 0.1) is 0 Å². The Morgan fingerprint density at radius 3 is 3.06 bits per heavy atom. The first-order chi connectivity index (χ1) is 15.1. The highest BCUT2D eigenvalue weighted by atomic mass is 35.5. The van der Waals surface area contributed by atoms with E-state index in [-0.39, 0.29) is 6.10 Å². The Morgan fingerprint density at radius 1 is 1.39 bits per heavy atom. The molecule has 0 radical (unpaired) electrons. The molecule has 1 aliphatic heterocycles. The van der Waals surface area contributed by atoms with E-state index in [2.05, 4.69) is 32.4 Å². The van der Waals surface area contributed by atoms with Crippen molar-refractivity contribution in [2.75, 3.05) is 32.8 Å². The lowest BCUT2D eigenvalue weighted by molar-refractivity contribution is -0.00804. The largest absolute Gasteiger partial charge is 0.370 e. The van der Waals surface area contributed by atoms with E-state index in [0.29, 0.717) is 36.3 Å². The molecule has 10 heteroatoms. The molecule has 2 aromatic heterocycles. The van der Waals surface area contributed by atoms with Crippen molar-refractivity contribution in [2.45, 2.75) is 19.4 Å². The van der Waals surface area contributed by atoms with E-state index >= 15 is 0 Å². The van der Waals surface area contributed by atoms with Gasteiger partial charge in [0.25, 0.3) is 0 Å². The van der Waals surface area contributed by atoms with Crippen molar-refractivity contribution in [1.29, 1.82) is 0 Å². The maximum atomic E-state index is 6.04. The lowest BCUT2D eigenvalue weighted by Gasteiger charge is -2.34. The molecule has 164 valence electrons. The van der Waals surface area contributed by atoms with Crippen LogP contribution in [0.15, 0.2) is 46.2 Å². The van der Waals surface area contributed by atoms with Crippen LogP contribution in [0.25, 0.3) is 11.4 Å². The minimum absolute atomic E-state index is 0.0255. The Kier molecular flexibility index (Phi) is 6.83. The lowest BCUT2D eigenvalue weighted by atomic mass is 10.1. The summed E-state index contributed by atoms with van der Waals surface area (Å²) in [7, 11) is 1.91. The molecule has 1 unspecified atom stereocenters. The highest BCUT2D eigenvalue weighted by Gasteiger charge is 2.25. The maximum absolute atomic E-state index is 6.04. The Labute approximate surface area is 186 Å². The van der Waals surface area contributed by atoms with Gasteiger partial charge in [0, 0.05) is 48.9 Å². The van der Waals surface area contributed by atoms with Gasteiger partial charge in [-0.25, -0.2) is 0 Å². The topological polar surface area (TPSA) is 93.6 Å². The number of benzene rings is 1. The number of nitrogens with zero attached hydrogens (tertiary/aromatic N) is 6. The third-order valence-electron chi connectivity index (χ3n) is 4.94. The fraction of sp³-hybridized carbons (Fsp3) is 0.429. The molecule has 3 aromatic rings. The van der Waals surface area contributed by atoms with Gasteiger partial charge in [0.15, 0.2) is 5.96 Å². The molecule has 0 spiro atoms. The average molecular weight is 444 g/mol. The third-order valence-corrected chi connectivity index (χ3v) is 5.17. The van der Waals surface area contributed by atoms with E-state index in [1.165, 1.54) is 0 Å². The first-order valence-corrected chi connectivity index (χ1v) is 10.7. The number of guanidine groups is 1. The van der Waals surface area contributed by atoms with Crippen LogP contribution in [0.2, 0.25) is 5.02 Å². The molecule has 31 heavy (non-hydrogen) atoms. The smallest absolute Gasteiger partial charge is 0.228 e. The summed E-state index contributed by atoms with van der Waals surface area (Å²) in [4.78, 5) is 11.4. The Morgan fingerprint density at radius 2 is 2.29 bits per heavy atom. The van der Waals surface area contributed by atoms with Gasteiger partial charge in [0.05, 0.1) is 25.9 Å². The normalized spacial score (nSPS) is 17.2. The summed E-state index contributed by atoms with van der Waals surface area (Å²) in [5.41, 5.74) is 1.90. The zero-order valence-corrected chi connectivity index (χ0v) is 18.4. The Bertz CT molecular complexity index is 1030. The SMILES string of the molecule is CCNC(=NCCc1nc(-c2cccc(Cl)c2)no1)N1CCOC(c2cnn(C)c2)C1. The average Bonchev–Trinajstić information content (AvgIpc) is 3.43. The summed E-state index contributed by atoms with van der Waals surface area (Å²) in [5.74, 6) is 1.93. The summed E-state index contributed by atoms with van der Waals surface area (Å²) in [6.07, 6.45) is 4.37. The predicted octanol–water partition coefficient (Wildman–Crippen LogP) is 2.71. The lowest BCUT2D eigenvalue weighted by Crippen LogP contribution is -2.48. The highest BCUT2D eigenvalue weighted by Crippen LogP contribution is 2.22. The van der Waals surface area contributed by atoms with Gasteiger partial charge >= 0.3 is 0 Å². The first-order valence-electron chi connectivity index (χ1n) is 10.3. The molecule has 0 amide bonds. The predicted molar refractivity (Wildman–Crippen MR) is 118 cm³/mol. The Balaban J connectivity index is 1.39. The monoisotopic (exact) mass is 443 g/mol. The molecule has 1 N–H and O–H groups in total. The van der Waals surface area contributed by atoms with Gasteiger partial charge in [-0.15, -0.1) is 0 Å². The van der Waals surface area contributed by atoms with Crippen LogP contribution in [0.3, 0.4) is 0 Å². The van der Waals surface area contributed by atoms with Crippen molar-refractivity contribution in [2.24, 2.45) is 12.0 Å². The number of hydrogen-bond acceptors (Lipinski definition) is 6. The van der Waals surface area contributed by atoms with Crippen LogP contribution in [0.5, 0.6) is 0 Å². The van der Waals surface area contributed by atoms with Gasteiger partial charge in [-0.1, -0.05) is 28.9 Å². The Hall–Kier alpha value is -2.91. The number of halogens is 1. The molecule has 9 nitrogen and oxygen atoms in total. The van der Waals surface area contributed by atoms with E-state index in [1.807, 2.05) is 43.7 Å². The summed E-state index contributed by atoms with van der Waals surface area (Å²) >= 11 is 6.04. The second-order valence-corrected chi connectivity index (χ2v) is 7.70. The first kappa shape index (κ1) is 21.3. The number of morpholine rings is 1. The summed E-state index contributed by atoms with van der Waals surface area (Å²) in [6, 6.07) is 7.39. The quantitative estimate of drug-likeness (QED) is 0.462. The fourth-order valence-corrected chi connectivity index (χ4v) is 3.62. The minimum atomic E-state index is -0.0255. The summed E-state index contributed by atoms with van der Waals surface area (Å²) < 4.78 is 13.1. The molecule has 1 aliphatic rings. The fourth-order valence-electron chi connectivity index (χ4n) is 3.43. The van der Waals surface area contributed by atoms with Crippen molar-refractivity contribution >= 4 is 17.6 Å². The van der Waals surface area contributed by atoms with Crippen molar-refractivity contribution < 1.29 is 9.26 Å². The standard InChI is InChI=1S/C21H26ClN7O2/c1-3-23-21(29-9-10-30-18(14-29)16-12-25-28(2)13-16)24-8-7-19-26-20(27-31-19)15-5-4-6-17(22)11-15/h4-6,11-13,18H,3,7-10,14H2,1-2H3,(H,23,24). The van der Waals surface area contributed by atoms with Crippen LogP contribution >= 0.6 is 11.6 Å². The van der Waals surface area contributed by atoms with Crippen molar-refractivity contribution in [3.8, 4) is 11.4 Å². The van der Waals surface area contributed by atoms with E-state index in [0.717, 1.165) is 36.7 Å². The molecule has 0 bridgehead atoms. The van der Waals surface area contributed by atoms with Crippen LogP contribution < -0.4 is 5.32 Å². The number of rotatable bonds is 6. The molecule has 3 heterocycles. The van der Waals surface area contributed by atoms with Gasteiger partial charge in [-0.2, -0.15) is 10.1 Å². The molecule has 1 fully saturated rings. The number of nitrogens with one attached hydrogen (secondary N) is 1. The molecule has 4 rings (SSSR count). The van der Waals surface area contributed by atoms with E-state index < -0.39 is 0 Å². The van der Waals surface area contributed by atoms with Gasteiger partial charge in [0.2, 0.25) is 11.7 Å². The van der Waals surface area contributed by atoms with E-state index in [4.69, 9.17) is 25.9 Å². The summed E-state index contributed by atoms with van der Waals surface area (Å²) in [5, 5.41) is 12.3. The number of aliphatic imine (C=N–C) groups is 1. The zero-order chi connectivity index (χ0) is 21.6. The summed E-state index contributed by atoms with van der Waals surface area (Å²) in [6.45, 7) is 5.52. The van der Waals surface area contributed by atoms with Crippen LogP contribution in [-0.4, -0.2) is 63.6 Å². The number of ether oxygens (including phenoxy) is 1. The molecule has 0 aliphatic carbocycles. The molecular formula is C21H26ClN7O2. The van der Waals surface area contributed by atoms with Gasteiger partial charge < -0.3 is 19.5 Å². The second-order valence-electron chi connectivity index (χ2n) is 7.26. The van der Waals surface area contributed by atoms with Gasteiger partial charge in [-0.3, -0.25) is 9.67 Å². The van der Waals surface area contributed by atoms with Crippen molar-refractivity contribution in [3.63, 3.8) is 0 Å². The van der Waals surface area contributed by atoms with Gasteiger partial charge in [0.1, 0.15) is 6.10 Å². The van der Waals surface area contributed by atoms with E-state index in [1.54, 1.807) is 4.68 Å². The van der Waals surface area contributed by atoms with Crippen molar-refractivity contribution in [1.82, 2.24) is 30.1 Å². The second kappa shape index (κ2) is 9.93. The molecule has 1 atom stereocenters. The molecule has 0 saturated carbocycles. The third kappa shape index (κ3) is 5.42. The zero-order valence-electron chi connectivity index (χ0n) is 17.7. The van der Waals surface area contributed by atoms with Crippen LogP contribution in [0.1, 0.15) is 24.5 Å². The number of hydrogen-bond donors (Lipinski definition) is 1. The minimum Gasteiger partial charge on any atom is -0.370 e. The van der Waals surface area contributed by atoms with Crippen LogP contribution in [-0.2, 0) is 18.2 Å². The van der Waals surface area contributed by atoms with Crippen molar-refractivity contribution in [3.05, 3.63) is 53.1 Å². The maximum Gasteiger partial charge on any atom is 0.228 e. The number of aromatic nitrogens is 4. The van der Waals surface area contributed by atoms with E-state index in [9.17, 15) is 0 Å². The molecule has 1 aromatic carbocycles. The van der Waals surface area contributed by atoms with Gasteiger partial charge in [-0.05, 0) is 19.1 Å².